The SMILES string of the molecule is O=C1O[C@@H](CC2CCCCC2)[C@H](c2ccccc2)C1=O. The van der Waals surface area contributed by atoms with Crippen LogP contribution in [0.2, 0.25) is 0 Å². The summed E-state index contributed by atoms with van der Waals surface area (Å²) in [6.07, 6.45) is 6.79. The van der Waals surface area contributed by atoms with Crippen molar-refractivity contribution in [3.63, 3.8) is 0 Å². The Balaban J connectivity index is 1.77. The van der Waals surface area contributed by atoms with Gasteiger partial charge in [-0.15, -0.1) is 0 Å². The van der Waals surface area contributed by atoms with Crippen LogP contribution in [0.5, 0.6) is 0 Å². The van der Waals surface area contributed by atoms with E-state index in [4.69, 9.17) is 4.74 Å². The van der Waals surface area contributed by atoms with Gasteiger partial charge in [-0.3, -0.25) is 4.79 Å². The molecule has 0 bridgehead atoms. The summed E-state index contributed by atoms with van der Waals surface area (Å²) in [5.41, 5.74) is 0.907. The van der Waals surface area contributed by atoms with Gasteiger partial charge in [0.1, 0.15) is 6.10 Å². The van der Waals surface area contributed by atoms with E-state index in [0.29, 0.717) is 5.92 Å². The van der Waals surface area contributed by atoms with E-state index < -0.39 is 11.9 Å². The van der Waals surface area contributed by atoms with E-state index in [1.54, 1.807) is 0 Å². The zero-order valence-corrected chi connectivity index (χ0v) is 11.6. The van der Waals surface area contributed by atoms with Crippen molar-refractivity contribution >= 4 is 11.8 Å². The van der Waals surface area contributed by atoms with Gasteiger partial charge in [0, 0.05) is 0 Å². The first-order chi connectivity index (χ1) is 9.75. The molecule has 1 saturated heterocycles. The topological polar surface area (TPSA) is 43.4 Å². The lowest BCUT2D eigenvalue weighted by atomic mass is 9.81. The molecule has 1 saturated carbocycles. The van der Waals surface area contributed by atoms with Crippen LogP contribution in [0.15, 0.2) is 30.3 Å². The number of Topliss-reactive ketones (excluding diaryl/α,β-unsaturated/α-hetero) is 1. The molecule has 2 atom stereocenters. The normalized spacial score (nSPS) is 27.6. The quantitative estimate of drug-likeness (QED) is 0.626. The Hall–Kier alpha value is -1.64. The van der Waals surface area contributed by atoms with E-state index in [0.717, 1.165) is 12.0 Å². The van der Waals surface area contributed by atoms with Crippen molar-refractivity contribution in [2.75, 3.05) is 0 Å². The van der Waals surface area contributed by atoms with Crippen LogP contribution in [-0.4, -0.2) is 17.9 Å². The number of esters is 1. The maximum Gasteiger partial charge on any atom is 0.375 e. The zero-order valence-electron chi connectivity index (χ0n) is 11.6. The number of benzene rings is 1. The van der Waals surface area contributed by atoms with Crippen molar-refractivity contribution in [3.05, 3.63) is 35.9 Å². The third-order valence-corrected chi connectivity index (χ3v) is 4.56. The maximum atomic E-state index is 12.1. The van der Waals surface area contributed by atoms with Gasteiger partial charge < -0.3 is 4.74 Å². The predicted molar refractivity (Wildman–Crippen MR) is 75.3 cm³/mol. The Bertz CT molecular complexity index is 488. The summed E-state index contributed by atoms with van der Waals surface area (Å²) in [7, 11) is 0. The van der Waals surface area contributed by atoms with E-state index in [9.17, 15) is 9.59 Å². The Labute approximate surface area is 119 Å². The molecule has 3 nitrogen and oxygen atoms in total. The highest BCUT2D eigenvalue weighted by Gasteiger charge is 2.44. The second-order valence-electron chi connectivity index (χ2n) is 5.94. The second kappa shape index (κ2) is 5.78. The molecule has 2 fully saturated rings. The molecular formula is C17H20O3. The highest BCUT2D eigenvalue weighted by Crippen LogP contribution is 2.36. The van der Waals surface area contributed by atoms with Crippen LogP contribution in [0.4, 0.5) is 0 Å². The van der Waals surface area contributed by atoms with E-state index >= 15 is 0 Å². The van der Waals surface area contributed by atoms with Crippen LogP contribution in [0.25, 0.3) is 0 Å². The van der Waals surface area contributed by atoms with Crippen molar-refractivity contribution in [1.29, 1.82) is 0 Å². The highest BCUT2D eigenvalue weighted by atomic mass is 16.6. The van der Waals surface area contributed by atoms with E-state index in [1.807, 2.05) is 30.3 Å². The Morgan fingerprint density at radius 1 is 1.00 bits per heavy atom. The number of carbonyl (C=O) groups excluding carboxylic acids is 2. The van der Waals surface area contributed by atoms with E-state index in [2.05, 4.69) is 0 Å². The number of carbonyl (C=O) groups is 2. The number of hydrogen-bond acceptors (Lipinski definition) is 3. The molecule has 1 aromatic carbocycles. The van der Waals surface area contributed by atoms with Crippen molar-refractivity contribution in [3.8, 4) is 0 Å². The fourth-order valence-electron chi connectivity index (χ4n) is 3.52. The molecule has 1 heterocycles. The Kier molecular flexibility index (Phi) is 3.86. The van der Waals surface area contributed by atoms with Crippen LogP contribution >= 0.6 is 0 Å². The second-order valence-corrected chi connectivity index (χ2v) is 5.94. The Morgan fingerprint density at radius 3 is 2.40 bits per heavy atom. The average Bonchev–Trinajstić information content (AvgIpc) is 2.76. The van der Waals surface area contributed by atoms with Crippen LogP contribution in [0.1, 0.15) is 50.0 Å². The molecule has 0 amide bonds. The first kappa shape index (κ1) is 13.3. The minimum absolute atomic E-state index is 0.263. The molecular weight excluding hydrogens is 252 g/mol. The summed E-state index contributed by atoms with van der Waals surface area (Å²) >= 11 is 0. The van der Waals surface area contributed by atoms with Gasteiger partial charge in [0.15, 0.2) is 0 Å². The summed E-state index contributed by atoms with van der Waals surface area (Å²) in [6.45, 7) is 0. The lowest BCUT2D eigenvalue weighted by molar-refractivity contribution is -0.149. The summed E-state index contributed by atoms with van der Waals surface area (Å²) in [5, 5.41) is 0. The molecule has 2 aliphatic rings. The summed E-state index contributed by atoms with van der Waals surface area (Å²) in [6, 6.07) is 9.56. The monoisotopic (exact) mass is 272 g/mol. The van der Waals surface area contributed by atoms with Crippen LogP contribution in [-0.2, 0) is 14.3 Å². The van der Waals surface area contributed by atoms with Gasteiger partial charge in [0.05, 0.1) is 5.92 Å². The lowest BCUT2D eigenvalue weighted by Crippen LogP contribution is -2.22. The maximum absolute atomic E-state index is 12.1. The molecule has 3 heteroatoms. The van der Waals surface area contributed by atoms with E-state index in [1.165, 1.54) is 32.1 Å². The minimum atomic E-state index is -0.653. The first-order valence-corrected chi connectivity index (χ1v) is 7.55. The fourth-order valence-corrected chi connectivity index (χ4v) is 3.52. The first-order valence-electron chi connectivity index (χ1n) is 7.55. The number of cyclic esters (lactones) is 1. The van der Waals surface area contributed by atoms with Gasteiger partial charge in [0.25, 0.3) is 5.78 Å². The number of ketones is 1. The van der Waals surface area contributed by atoms with Crippen molar-refractivity contribution in [1.82, 2.24) is 0 Å². The zero-order chi connectivity index (χ0) is 13.9. The molecule has 1 aliphatic carbocycles. The smallest absolute Gasteiger partial charge is 0.375 e. The summed E-state index contributed by atoms with van der Waals surface area (Å²) in [4.78, 5) is 23.7. The largest absolute Gasteiger partial charge is 0.455 e. The number of ether oxygens (including phenoxy) is 1. The molecule has 20 heavy (non-hydrogen) atoms. The molecule has 3 rings (SSSR count). The highest BCUT2D eigenvalue weighted by molar-refractivity contribution is 6.37. The predicted octanol–water partition coefficient (Wildman–Crippen LogP) is 3.24. The van der Waals surface area contributed by atoms with Crippen LogP contribution in [0, 0.1) is 5.92 Å². The fraction of sp³-hybridized carbons (Fsp3) is 0.529. The van der Waals surface area contributed by atoms with E-state index in [-0.39, 0.29) is 11.9 Å². The van der Waals surface area contributed by atoms with Crippen molar-refractivity contribution in [2.24, 2.45) is 5.92 Å². The molecule has 0 unspecified atom stereocenters. The third kappa shape index (κ3) is 2.62. The van der Waals surface area contributed by atoms with Crippen LogP contribution < -0.4 is 0 Å². The van der Waals surface area contributed by atoms with Gasteiger partial charge in [-0.1, -0.05) is 62.4 Å². The molecule has 0 N–H and O–H groups in total. The summed E-state index contributed by atoms with van der Waals surface area (Å²) < 4.78 is 5.35. The van der Waals surface area contributed by atoms with Gasteiger partial charge in [0.2, 0.25) is 0 Å². The average molecular weight is 272 g/mol. The summed E-state index contributed by atoms with van der Waals surface area (Å²) in [5.74, 6) is -0.832. The molecule has 0 aromatic heterocycles. The van der Waals surface area contributed by atoms with Gasteiger partial charge >= 0.3 is 5.97 Å². The van der Waals surface area contributed by atoms with Crippen molar-refractivity contribution < 1.29 is 14.3 Å². The van der Waals surface area contributed by atoms with Gasteiger partial charge in [-0.05, 0) is 17.9 Å². The Morgan fingerprint density at radius 2 is 1.70 bits per heavy atom. The van der Waals surface area contributed by atoms with Gasteiger partial charge in [-0.25, -0.2) is 4.79 Å². The molecule has 106 valence electrons. The standard InChI is InChI=1S/C17H20O3/c18-16-15(13-9-5-2-6-10-13)14(20-17(16)19)11-12-7-3-1-4-8-12/h2,5-6,9-10,12,14-15H,1,3-4,7-8,11H2/t14-,15-/m0/s1. The minimum Gasteiger partial charge on any atom is -0.455 e. The van der Waals surface area contributed by atoms with Gasteiger partial charge in [-0.2, -0.15) is 0 Å². The van der Waals surface area contributed by atoms with Crippen LogP contribution in [0.3, 0.4) is 0 Å². The number of rotatable bonds is 3. The molecule has 0 spiro atoms. The molecule has 0 radical (unpaired) electrons. The van der Waals surface area contributed by atoms with Crippen molar-refractivity contribution in [2.45, 2.75) is 50.5 Å². The third-order valence-electron chi connectivity index (χ3n) is 4.56. The molecule has 1 aromatic rings. The lowest BCUT2D eigenvalue weighted by Gasteiger charge is -2.25. The molecule has 1 aliphatic heterocycles. The number of hydrogen-bond donors (Lipinski definition) is 0.